The van der Waals surface area contributed by atoms with Crippen molar-refractivity contribution in [1.82, 2.24) is 9.69 Å². The molecule has 104 valence electrons. The number of carboxylic acids is 1. The fourth-order valence-electron chi connectivity index (χ4n) is 1.52. The summed E-state index contributed by atoms with van der Waals surface area (Å²) in [6, 6.07) is 7.07. The third-order valence-corrected chi connectivity index (χ3v) is 3.75. The highest BCUT2D eigenvalue weighted by Gasteiger charge is 2.21. The van der Waals surface area contributed by atoms with Crippen molar-refractivity contribution in [3.63, 3.8) is 0 Å². The standard InChI is InChI=1S/C12H10ClN3O3S/c13-7-4-2-1-3-6(7)5-15-11(17)9-8(14)10(12(18)19)20-16-9/h1-4H,5,14H2,(H,15,17)(H,18,19). The monoisotopic (exact) mass is 311 g/mol. The van der Waals surface area contributed by atoms with Gasteiger partial charge in [-0.15, -0.1) is 0 Å². The lowest BCUT2D eigenvalue weighted by atomic mass is 10.2. The lowest BCUT2D eigenvalue weighted by Crippen LogP contribution is -2.24. The van der Waals surface area contributed by atoms with E-state index in [1.54, 1.807) is 24.3 Å². The molecule has 0 aliphatic rings. The van der Waals surface area contributed by atoms with E-state index in [-0.39, 0.29) is 22.8 Å². The highest BCUT2D eigenvalue weighted by molar-refractivity contribution is 7.08. The van der Waals surface area contributed by atoms with E-state index in [0.29, 0.717) is 16.6 Å². The zero-order valence-corrected chi connectivity index (χ0v) is 11.7. The summed E-state index contributed by atoms with van der Waals surface area (Å²) in [7, 11) is 0. The van der Waals surface area contributed by atoms with Crippen LogP contribution in [0.25, 0.3) is 0 Å². The molecule has 2 rings (SSSR count). The fraction of sp³-hybridized carbons (Fsp3) is 0.0833. The van der Waals surface area contributed by atoms with E-state index in [9.17, 15) is 9.59 Å². The minimum atomic E-state index is -1.20. The lowest BCUT2D eigenvalue weighted by molar-refractivity contribution is 0.0703. The van der Waals surface area contributed by atoms with Crippen molar-refractivity contribution in [3.05, 3.63) is 45.4 Å². The number of rotatable bonds is 4. The summed E-state index contributed by atoms with van der Waals surface area (Å²) in [5, 5.41) is 12.0. The van der Waals surface area contributed by atoms with Crippen LogP contribution in [0.1, 0.15) is 25.7 Å². The van der Waals surface area contributed by atoms with Gasteiger partial charge < -0.3 is 16.2 Å². The van der Waals surface area contributed by atoms with E-state index in [2.05, 4.69) is 9.69 Å². The van der Waals surface area contributed by atoms with Gasteiger partial charge in [0.15, 0.2) is 10.6 Å². The minimum Gasteiger partial charge on any atom is -0.477 e. The molecule has 0 radical (unpaired) electrons. The van der Waals surface area contributed by atoms with E-state index in [0.717, 1.165) is 5.56 Å². The fourth-order valence-corrected chi connectivity index (χ4v) is 2.36. The van der Waals surface area contributed by atoms with Gasteiger partial charge in [-0.3, -0.25) is 4.79 Å². The number of carboxylic acid groups (broad SMARTS) is 1. The summed E-state index contributed by atoms with van der Waals surface area (Å²) < 4.78 is 3.76. The molecule has 4 N–H and O–H groups in total. The molecule has 0 saturated heterocycles. The first-order valence-corrected chi connectivity index (χ1v) is 6.66. The average Bonchev–Trinajstić information content (AvgIpc) is 2.79. The van der Waals surface area contributed by atoms with Crippen LogP contribution in [0.15, 0.2) is 24.3 Å². The Morgan fingerprint density at radius 3 is 2.70 bits per heavy atom. The molecule has 20 heavy (non-hydrogen) atoms. The Morgan fingerprint density at radius 1 is 1.40 bits per heavy atom. The van der Waals surface area contributed by atoms with Gasteiger partial charge >= 0.3 is 5.97 Å². The van der Waals surface area contributed by atoms with Crippen LogP contribution in [-0.2, 0) is 6.54 Å². The molecule has 0 atom stereocenters. The van der Waals surface area contributed by atoms with Crippen molar-refractivity contribution >= 4 is 40.7 Å². The SMILES string of the molecule is Nc1c(C(=O)NCc2ccccc2Cl)nsc1C(=O)O. The number of aromatic nitrogens is 1. The zero-order chi connectivity index (χ0) is 14.7. The number of nitrogen functional groups attached to an aromatic ring is 1. The number of carbonyl (C=O) groups excluding carboxylic acids is 1. The summed E-state index contributed by atoms with van der Waals surface area (Å²) in [6.07, 6.45) is 0. The Balaban J connectivity index is 2.10. The first kappa shape index (κ1) is 14.3. The van der Waals surface area contributed by atoms with Crippen LogP contribution in [0.2, 0.25) is 5.02 Å². The van der Waals surface area contributed by atoms with Gasteiger partial charge in [0.1, 0.15) is 0 Å². The second-order valence-electron chi connectivity index (χ2n) is 3.85. The van der Waals surface area contributed by atoms with E-state index in [1.165, 1.54) is 0 Å². The number of hydrogen-bond acceptors (Lipinski definition) is 5. The largest absolute Gasteiger partial charge is 0.477 e. The number of amides is 1. The number of aromatic carboxylic acids is 1. The highest BCUT2D eigenvalue weighted by Crippen LogP contribution is 2.21. The van der Waals surface area contributed by atoms with Crippen LogP contribution < -0.4 is 11.1 Å². The number of carbonyl (C=O) groups is 2. The molecule has 0 aliphatic carbocycles. The smallest absolute Gasteiger partial charge is 0.349 e. The van der Waals surface area contributed by atoms with Crippen molar-refractivity contribution in [2.24, 2.45) is 0 Å². The molecule has 0 aliphatic heterocycles. The summed E-state index contributed by atoms with van der Waals surface area (Å²) in [5.74, 6) is -1.74. The maximum Gasteiger partial charge on any atom is 0.349 e. The number of benzene rings is 1. The van der Waals surface area contributed by atoms with Gasteiger partial charge in [0.05, 0.1) is 5.69 Å². The molecular weight excluding hydrogens is 302 g/mol. The van der Waals surface area contributed by atoms with Crippen molar-refractivity contribution in [1.29, 1.82) is 0 Å². The Morgan fingerprint density at radius 2 is 2.10 bits per heavy atom. The molecule has 6 nitrogen and oxygen atoms in total. The normalized spacial score (nSPS) is 10.2. The molecule has 0 saturated carbocycles. The van der Waals surface area contributed by atoms with Crippen LogP contribution in [0.3, 0.4) is 0 Å². The summed E-state index contributed by atoms with van der Waals surface area (Å²) in [6.45, 7) is 0.206. The van der Waals surface area contributed by atoms with Crippen LogP contribution >= 0.6 is 23.1 Å². The van der Waals surface area contributed by atoms with E-state index in [1.807, 2.05) is 0 Å². The minimum absolute atomic E-state index is 0.0838. The summed E-state index contributed by atoms with van der Waals surface area (Å²) >= 11 is 6.64. The van der Waals surface area contributed by atoms with Gasteiger partial charge in [-0.25, -0.2) is 4.79 Å². The summed E-state index contributed by atoms with van der Waals surface area (Å²) in [4.78, 5) is 22.6. The van der Waals surface area contributed by atoms with Crippen LogP contribution in [0.5, 0.6) is 0 Å². The number of nitrogens with two attached hydrogens (primary N) is 1. The first-order valence-electron chi connectivity index (χ1n) is 5.50. The Labute approximate surface area is 123 Å². The van der Waals surface area contributed by atoms with Crippen molar-refractivity contribution < 1.29 is 14.7 Å². The van der Waals surface area contributed by atoms with Crippen molar-refractivity contribution in [2.75, 3.05) is 5.73 Å². The topological polar surface area (TPSA) is 105 Å². The van der Waals surface area contributed by atoms with Gasteiger partial charge in [0.25, 0.3) is 5.91 Å². The Bertz CT molecular complexity index is 672. The number of halogens is 1. The van der Waals surface area contributed by atoms with E-state index >= 15 is 0 Å². The first-order chi connectivity index (χ1) is 9.50. The predicted octanol–water partition coefficient (Wildman–Crippen LogP) is 2.01. The van der Waals surface area contributed by atoms with E-state index < -0.39 is 11.9 Å². The molecule has 1 aromatic heterocycles. The molecule has 8 heteroatoms. The van der Waals surface area contributed by atoms with Crippen LogP contribution in [-0.4, -0.2) is 21.4 Å². The molecule has 0 fully saturated rings. The molecule has 0 bridgehead atoms. The van der Waals surface area contributed by atoms with E-state index in [4.69, 9.17) is 22.4 Å². The molecule has 0 spiro atoms. The zero-order valence-electron chi connectivity index (χ0n) is 10.1. The Kier molecular flexibility index (Phi) is 4.21. The van der Waals surface area contributed by atoms with Gasteiger partial charge in [-0.2, -0.15) is 4.37 Å². The number of anilines is 1. The second kappa shape index (κ2) is 5.89. The van der Waals surface area contributed by atoms with Gasteiger partial charge in [-0.1, -0.05) is 29.8 Å². The third kappa shape index (κ3) is 2.89. The van der Waals surface area contributed by atoms with Crippen LogP contribution in [0, 0.1) is 0 Å². The lowest BCUT2D eigenvalue weighted by Gasteiger charge is -2.05. The number of nitrogens with one attached hydrogen (secondary N) is 1. The van der Waals surface area contributed by atoms with Gasteiger partial charge in [0.2, 0.25) is 0 Å². The van der Waals surface area contributed by atoms with Gasteiger partial charge in [0, 0.05) is 11.6 Å². The molecule has 2 aromatic rings. The number of nitrogens with zero attached hydrogens (tertiary/aromatic N) is 1. The Hall–Kier alpha value is -2.12. The number of hydrogen-bond donors (Lipinski definition) is 3. The summed E-state index contributed by atoms with van der Waals surface area (Å²) in [5.41, 5.74) is 6.12. The molecule has 1 heterocycles. The van der Waals surface area contributed by atoms with Crippen molar-refractivity contribution in [2.45, 2.75) is 6.54 Å². The quantitative estimate of drug-likeness (QED) is 0.801. The maximum atomic E-state index is 11.9. The average molecular weight is 312 g/mol. The molecule has 1 amide bonds. The van der Waals surface area contributed by atoms with Crippen molar-refractivity contribution in [3.8, 4) is 0 Å². The maximum absolute atomic E-state index is 11.9. The van der Waals surface area contributed by atoms with Crippen LogP contribution in [0.4, 0.5) is 5.69 Å². The molecule has 1 aromatic carbocycles. The van der Waals surface area contributed by atoms with Gasteiger partial charge in [-0.05, 0) is 23.2 Å². The third-order valence-electron chi connectivity index (χ3n) is 2.53. The predicted molar refractivity (Wildman–Crippen MR) is 76.1 cm³/mol. The molecule has 0 unspecified atom stereocenters. The molecular formula is C12H10ClN3O3S. The second-order valence-corrected chi connectivity index (χ2v) is 5.03. The highest BCUT2D eigenvalue weighted by atomic mass is 35.5.